The first-order valence-corrected chi connectivity index (χ1v) is 9.24. The topological polar surface area (TPSA) is 93.9 Å². The Hall–Kier alpha value is -2.98. The molecule has 10 heteroatoms. The molecule has 0 heterocycles. The zero-order chi connectivity index (χ0) is 22.5. The number of thiocarbonyl (C=S) groups is 1. The van der Waals surface area contributed by atoms with Gasteiger partial charge in [0.15, 0.2) is 5.96 Å². The molecule has 2 aromatic rings. The number of carbonyl (C=O) groups excluding carboxylic acids is 1. The van der Waals surface area contributed by atoms with Crippen molar-refractivity contribution in [1.82, 2.24) is 4.90 Å². The number of nitrogens with zero attached hydrogens (tertiary/aromatic N) is 2. The second-order valence-electron chi connectivity index (χ2n) is 6.70. The highest BCUT2D eigenvalue weighted by molar-refractivity contribution is 7.79. The summed E-state index contributed by atoms with van der Waals surface area (Å²) in [6.45, 7) is 0.806. The van der Waals surface area contributed by atoms with Gasteiger partial charge in [0.05, 0.1) is 5.56 Å². The summed E-state index contributed by atoms with van der Waals surface area (Å²) in [5, 5.41) is 1.35. The Kier molecular flexibility index (Phi) is 7.52. The van der Waals surface area contributed by atoms with Crippen molar-refractivity contribution >= 4 is 29.5 Å². The lowest BCUT2D eigenvalue weighted by molar-refractivity contribution is -0.138. The quantitative estimate of drug-likeness (QED) is 0.391. The van der Waals surface area contributed by atoms with E-state index in [1.165, 1.54) is 5.37 Å². The Bertz CT molecular complexity index is 971. The van der Waals surface area contributed by atoms with Crippen LogP contribution in [0.15, 0.2) is 41.4 Å². The van der Waals surface area contributed by atoms with Crippen LogP contribution < -0.4 is 16.2 Å². The van der Waals surface area contributed by atoms with Crippen LogP contribution in [-0.2, 0) is 12.6 Å². The van der Waals surface area contributed by atoms with Crippen LogP contribution in [0, 0.1) is 0 Å². The number of alkyl halides is 3. The molecule has 2 aromatic carbocycles. The molecule has 0 aliphatic heterocycles. The normalized spacial score (nSPS) is 11.3. The number of likely N-dealkylation sites (N-methyl/N-ethyl adjacent to an activating group) is 1. The lowest BCUT2D eigenvalue weighted by Gasteiger charge is -2.16. The fourth-order valence-corrected chi connectivity index (χ4v) is 2.75. The number of rotatable bonds is 7. The summed E-state index contributed by atoms with van der Waals surface area (Å²) in [5.74, 6) is -1.83. The van der Waals surface area contributed by atoms with Crippen LogP contribution in [0.25, 0.3) is 0 Å². The van der Waals surface area contributed by atoms with Crippen molar-refractivity contribution in [2.75, 3.05) is 20.6 Å². The van der Waals surface area contributed by atoms with Gasteiger partial charge < -0.3 is 21.1 Å². The zero-order valence-electron chi connectivity index (χ0n) is 16.4. The Balaban J connectivity index is 2.41. The smallest absolute Gasteiger partial charge is 0.420 e. The first kappa shape index (κ1) is 23.3. The summed E-state index contributed by atoms with van der Waals surface area (Å²) in [5.41, 5.74) is 10.2. The van der Waals surface area contributed by atoms with Crippen molar-refractivity contribution in [3.05, 3.63) is 58.7 Å². The average Bonchev–Trinajstić information content (AvgIpc) is 2.65. The van der Waals surface area contributed by atoms with E-state index >= 15 is 0 Å². The molecule has 160 valence electrons. The number of carbonyl (C=O) groups is 1. The molecule has 30 heavy (non-hydrogen) atoms. The molecule has 2 rings (SSSR count). The van der Waals surface area contributed by atoms with E-state index in [0.717, 1.165) is 30.7 Å². The van der Waals surface area contributed by atoms with Gasteiger partial charge in [-0.2, -0.15) is 18.2 Å². The first-order valence-electron chi connectivity index (χ1n) is 8.77. The molecule has 0 saturated carbocycles. The van der Waals surface area contributed by atoms with Crippen molar-refractivity contribution in [3.63, 3.8) is 0 Å². The average molecular weight is 438 g/mol. The number of aliphatic imine (C=N–C) groups is 1. The minimum absolute atomic E-state index is 0.174. The standard InChI is InChI=1S/C20H21F3N4O2S/c1-27(2)8-7-12-3-5-16(14(9-12)11-30)29-17-6-4-13(18(28)26-19(24)25)10-15(17)20(21,22)23/h3-6,9-11H,7-8H2,1-2H3,(H4,24,25,26,28). The number of hydrogen-bond donors (Lipinski definition) is 2. The summed E-state index contributed by atoms with van der Waals surface area (Å²) in [6.07, 6.45) is -4.02. The van der Waals surface area contributed by atoms with Crippen molar-refractivity contribution in [1.29, 1.82) is 0 Å². The van der Waals surface area contributed by atoms with Gasteiger partial charge in [-0.05, 0) is 56.4 Å². The van der Waals surface area contributed by atoms with E-state index in [0.29, 0.717) is 11.6 Å². The molecule has 0 radical (unpaired) electrons. The molecular weight excluding hydrogens is 417 g/mol. The highest BCUT2D eigenvalue weighted by atomic mass is 32.1. The van der Waals surface area contributed by atoms with Crippen LogP contribution in [0.2, 0.25) is 0 Å². The summed E-state index contributed by atoms with van der Waals surface area (Å²) < 4.78 is 46.2. The Morgan fingerprint density at radius 3 is 2.40 bits per heavy atom. The Labute approximate surface area is 177 Å². The highest BCUT2D eigenvalue weighted by Gasteiger charge is 2.35. The second kappa shape index (κ2) is 9.68. The largest absolute Gasteiger partial charge is 0.456 e. The maximum Gasteiger partial charge on any atom is 0.420 e. The molecule has 1 amide bonds. The van der Waals surface area contributed by atoms with E-state index in [4.69, 9.17) is 28.4 Å². The number of guanidine groups is 1. The van der Waals surface area contributed by atoms with Gasteiger partial charge in [0.2, 0.25) is 0 Å². The number of benzene rings is 2. The number of halogens is 3. The molecule has 4 N–H and O–H groups in total. The number of nitrogens with two attached hydrogens (primary N) is 2. The number of hydrogen-bond acceptors (Lipinski definition) is 4. The van der Waals surface area contributed by atoms with Crippen molar-refractivity contribution in [2.45, 2.75) is 12.6 Å². The Morgan fingerprint density at radius 2 is 1.83 bits per heavy atom. The van der Waals surface area contributed by atoms with Crippen LogP contribution in [0.3, 0.4) is 0 Å². The molecule has 0 spiro atoms. The monoisotopic (exact) mass is 438 g/mol. The van der Waals surface area contributed by atoms with E-state index in [-0.39, 0.29) is 11.3 Å². The molecule has 0 aliphatic rings. The van der Waals surface area contributed by atoms with Gasteiger partial charge in [-0.15, -0.1) is 0 Å². The van der Waals surface area contributed by atoms with Gasteiger partial charge in [0.25, 0.3) is 5.91 Å². The van der Waals surface area contributed by atoms with E-state index in [1.54, 1.807) is 18.2 Å². The summed E-state index contributed by atoms with van der Waals surface area (Å²) in [4.78, 5) is 17.1. The van der Waals surface area contributed by atoms with Gasteiger partial charge in [0, 0.05) is 23.0 Å². The fourth-order valence-electron chi connectivity index (χ4n) is 2.56. The van der Waals surface area contributed by atoms with Crippen molar-refractivity contribution in [2.24, 2.45) is 16.5 Å². The molecular formula is C20H21F3N4O2S. The zero-order valence-corrected chi connectivity index (χ0v) is 17.2. The predicted molar refractivity (Wildman–Crippen MR) is 113 cm³/mol. The molecule has 0 atom stereocenters. The lowest BCUT2D eigenvalue weighted by Crippen LogP contribution is -2.24. The third-order valence-corrected chi connectivity index (χ3v) is 4.29. The lowest BCUT2D eigenvalue weighted by atomic mass is 10.1. The minimum atomic E-state index is -4.77. The molecule has 0 unspecified atom stereocenters. The second-order valence-corrected chi connectivity index (χ2v) is 6.93. The highest BCUT2D eigenvalue weighted by Crippen LogP contribution is 2.39. The van der Waals surface area contributed by atoms with Crippen LogP contribution in [0.5, 0.6) is 11.5 Å². The van der Waals surface area contributed by atoms with E-state index < -0.39 is 29.4 Å². The number of ether oxygens (including phenoxy) is 1. The third kappa shape index (κ3) is 6.26. The van der Waals surface area contributed by atoms with Gasteiger partial charge in [-0.1, -0.05) is 18.3 Å². The van der Waals surface area contributed by atoms with Crippen LogP contribution in [0.1, 0.15) is 27.0 Å². The minimum Gasteiger partial charge on any atom is -0.456 e. The SMILES string of the molecule is CN(C)CCc1ccc(Oc2ccc(C(=O)N=C(N)N)cc2C(F)(F)F)c(C=S)c1. The van der Waals surface area contributed by atoms with Gasteiger partial charge in [0.1, 0.15) is 11.5 Å². The van der Waals surface area contributed by atoms with Crippen molar-refractivity contribution in [3.8, 4) is 11.5 Å². The van der Waals surface area contributed by atoms with Gasteiger partial charge >= 0.3 is 6.18 Å². The molecule has 6 nitrogen and oxygen atoms in total. The van der Waals surface area contributed by atoms with Crippen LogP contribution in [-0.4, -0.2) is 42.8 Å². The maximum absolute atomic E-state index is 13.6. The van der Waals surface area contributed by atoms with Gasteiger partial charge in [-0.3, -0.25) is 4.79 Å². The molecule has 0 bridgehead atoms. The van der Waals surface area contributed by atoms with Crippen LogP contribution >= 0.6 is 12.2 Å². The molecule has 0 aromatic heterocycles. The summed E-state index contributed by atoms with van der Waals surface area (Å²) in [7, 11) is 3.88. The van der Waals surface area contributed by atoms with Crippen LogP contribution in [0.4, 0.5) is 13.2 Å². The van der Waals surface area contributed by atoms with E-state index in [2.05, 4.69) is 4.99 Å². The van der Waals surface area contributed by atoms with E-state index in [9.17, 15) is 18.0 Å². The molecule has 0 saturated heterocycles. The van der Waals surface area contributed by atoms with E-state index in [1.807, 2.05) is 19.0 Å². The van der Waals surface area contributed by atoms with Crippen molar-refractivity contribution < 1.29 is 22.7 Å². The maximum atomic E-state index is 13.6. The Morgan fingerprint density at radius 1 is 1.17 bits per heavy atom. The number of amides is 1. The fraction of sp³-hybridized carbons (Fsp3) is 0.250. The summed E-state index contributed by atoms with van der Waals surface area (Å²) in [6, 6.07) is 7.96. The summed E-state index contributed by atoms with van der Waals surface area (Å²) >= 11 is 5.00. The first-order chi connectivity index (χ1) is 14.0. The van der Waals surface area contributed by atoms with Gasteiger partial charge in [-0.25, -0.2) is 0 Å². The molecule has 0 fully saturated rings. The third-order valence-electron chi connectivity index (χ3n) is 4.03. The molecule has 0 aliphatic carbocycles. The predicted octanol–water partition coefficient (Wildman–Crippen LogP) is 3.36.